The molecule has 0 aliphatic rings. The molecule has 9 heteroatoms. The van der Waals surface area contributed by atoms with Crippen LogP contribution in [0.4, 0.5) is 0 Å². The Morgan fingerprint density at radius 1 is 1.00 bits per heavy atom. The van der Waals surface area contributed by atoms with E-state index in [1.807, 2.05) is 48.5 Å². The SMILES string of the molecule is CCCCc1nc2ccc(O)cc2c(=O)n1Cc1ccc(-c2ccccc2-c2nnnn2COC)cc1. The number of ether oxygens (including phenoxy) is 1. The van der Waals surface area contributed by atoms with Crippen molar-refractivity contribution in [3.05, 3.63) is 88.5 Å². The molecule has 0 spiro atoms. The molecule has 0 saturated carbocycles. The number of hydrogen-bond acceptors (Lipinski definition) is 7. The molecule has 0 atom stereocenters. The molecular weight excluding hydrogens is 468 g/mol. The molecule has 0 bridgehead atoms. The molecular formula is C28H28N6O3. The van der Waals surface area contributed by atoms with Gasteiger partial charge < -0.3 is 9.84 Å². The average molecular weight is 497 g/mol. The lowest BCUT2D eigenvalue weighted by Gasteiger charge is -2.15. The van der Waals surface area contributed by atoms with Crippen molar-refractivity contribution in [3.63, 3.8) is 0 Å². The normalized spacial score (nSPS) is 11.3. The monoisotopic (exact) mass is 496 g/mol. The van der Waals surface area contributed by atoms with Crippen molar-refractivity contribution in [2.75, 3.05) is 7.11 Å². The molecule has 0 aliphatic heterocycles. The number of benzene rings is 3. The standard InChI is InChI=1S/C28H28N6O3/c1-3-4-9-26-29-25-15-14-21(35)16-24(25)28(36)33(26)17-19-10-12-20(13-11-19)22-7-5-6-8-23(22)27-30-31-32-34(27)18-37-2/h5-8,10-16,35H,3-4,9,17-18H2,1-2H3. The molecule has 0 fully saturated rings. The van der Waals surface area contributed by atoms with E-state index in [1.165, 1.54) is 6.07 Å². The van der Waals surface area contributed by atoms with E-state index in [9.17, 15) is 9.90 Å². The third kappa shape index (κ3) is 4.99. The number of unbranched alkanes of at least 4 members (excludes halogenated alkanes) is 1. The lowest BCUT2D eigenvalue weighted by Crippen LogP contribution is -2.26. The molecule has 5 aromatic rings. The van der Waals surface area contributed by atoms with Gasteiger partial charge in [-0.15, -0.1) is 5.10 Å². The fraction of sp³-hybridized carbons (Fsp3) is 0.250. The summed E-state index contributed by atoms with van der Waals surface area (Å²) in [5.74, 6) is 1.43. The van der Waals surface area contributed by atoms with Crippen LogP contribution in [0.5, 0.6) is 5.75 Å². The molecule has 0 saturated heterocycles. The number of fused-ring (bicyclic) bond motifs is 1. The number of aryl methyl sites for hydroxylation is 1. The van der Waals surface area contributed by atoms with Gasteiger partial charge in [-0.1, -0.05) is 61.9 Å². The topological polar surface area (TPSA) is 108 Å². The first-order valence-corrected chi connectivity index (χ1v) is 12.2. The summed E-state index contributed by atoms with van der Waals surface area (Å²) < 4.78 is 8.55. The summed E-state index contributed by atoms with van der Waals surface area (Å²) in [6, 6.07) is 20.8. The van der Waals surface area contributed by atoms with Gasteiger partial charge in [0.15, 0.2) is 5.82 Å². The summed E-state index contributed by atoms with van der Waals surface area (Å²) in [6.45, 7) is 2.76. The van der Waals surface area contributed by atoms with Crippen LogP contribution in [0.1, 0.15) is 31.2 Å². The number of aromatic hydroxyl groups is 1. The van der Waals surface area contributed by atoms with Crippen molar-refractivity contribution in [1.29, 1.82) is 0 Å². The second-order valence-corrected chi connectivity index (χ2v) is 8.89. The summed E-state index contributed by atoms with van der Waals surface area (Å²) in [6.07, 6.45) is 2.66. The Hall–Kier alpha value is -4.37. The summed E-state index contributed by atoms with van der Waals surface area (Å²) in [5.41, 5.74) is 4.33. The smallest absolute Gasteiger partial charge is 0.261 e. The van der Waals surface area contributed by atoms with Crippen molar-refractivity contribution in [1.82, 2.24) is 29.8 Å². The number of nitrogens with zero attached hydrogens (tertiary/aromatic N) is 6. The predicted molar refractivity (Wildman–Crippen MR) is 141 cm³/mol. The van der Waals surface area contributed by atoms with Crippen LogP contribution >= 0.6 is 0 Å². The predicted octanol–water partition coefficient (Wildman–Crippen LogP) is 4.42. The van der Waals surface area contributed by atoms with Crippen LogP contribution < -0.4 is 5.56 Å². The summed E-state index contributed by atoms with van der Waals surface area (Å²) in [7, 11) is 1.60. The number of tetrazole rings is 1. The highest BCUT2D eigenvalue weighted by Crippen LogP contribution is 2.31. The maximum Gasteiger partial charge on any atom is 0.261 e. The number of phenolic OH excluding ortho intramolecular Hbond substituents is 1. The number of hydrogen-bond donors (Lipinski definition) is 1. The van der Waals surface area contributed by atoms with Gasteiger partial charge in [-0.05, 0) is 51.7 Å². The Bertz CT molecular complexity index is 1590. The van der Waals surface area contributed by atoms with E-state index in [2.05, 4.69) is 22.4 Å². The van der Waals surface area contributed by atoms with Crippen LogP contribution in [0.2, 0.25) is 0 Å². The Morgan fingerprint density at radius 2 is 1.78 bits per heavy atom. The van der Waals surface area contributed by atoms with E-state index in [0.29, 0.717) is 29.7 Å². The second kappa shape index (κ2) is 10.7. The first kappa shape index (κ1) is 24.3. The van der Waals surface area contributed by atoms with Crippen LogP contribution in [0.25, 0.3) is 33.4 Å². The van der Waals surface area contributed by atoms with Gasteiger partial charge >= 0.3 is 0 Å². The molecule has 2 heterocycles. The molecule has 5 rings (SSSR count). The first-order valence-electron chi connectivity index (χ1n) is 12.2. The van der Waals surface area contributed by atoms with E-state index in [0.717, 1.165) is 40.9 Å². The highest BCUT2D eigenvalue weighted by Gasteiger charge is 2.15. The zero-order chi connectivity index (χ0) is 25.8. The van der Waals surface area contributed by atoms with Gasteiger partial charge in [-0.25, -0.2) is 4.98 Å². The van der Waals surface area contributed by atoms with Crippen LogP contribution in [-0.4, -0.2) is 42.0 Å². The van der Waals surface area contributed by atoms with Crippen LogP contribution in [0.3, 0.4) is 0 Å². The van der Waals surface area contributed by atoms with Gasteiger partial charge in [0.1, 0.15) is 18.3 Å². The molecule has 9 nitrogen and oxygen atoms in total. The number of rotatable bonds is 9. The fourth-order valence-electron chi connectivity index (χ4n) is 4.45. The molecule has 0 unspecified atom stereocenters. The van der Waals surface area contributed by atoms with Crippen molar-refractivity contribution in [3.8, 4) is 28.3 Å². The van der Waals surface area contributed by atoms with E-state index < -0.39 is 0 Å². The van der Waals surface area contributed by atoms with Crippen molar-refractivity contribution in [2.45, 2.75) is 39.5 Å². The largest absolute Gasteiger partial charge is 0.508 e. The number of aromatic nitrogens is 6. The highest BCUT2D eigenvalue weighted by molar-refractivity contribution is 5.81. The number of phenols is 1. The zero-order valence-corrected chi connectivity index (χ0v) is 20.8. The third-order valence-electron chi connectivity index (χ3n) is 6.33. The zero-order valence-electron chi connectivity index (χ0n) is 20.8. The Morgan fingerprint density at radius 3 is 2.54 bits per heavy atom. The van der Waals surface area contributed by atoms with Gasteiger partial charge in [-0.2, -0.15) is 4.68 Å². The van der Waals surface area contributed by atoms with E-state index >= 15 is 0 Å². The van der Waals surface area contributed by atoms with E-state index in [1.54, 1.807) is 28.5 Å². The van der Waals surface area contributed by atoms with Gasteiger partial charge in [0.05, 0.1) is 17.4 Å². The molecule has 2 aromatic heterocycles. The Balaban J connectivity index is 1.50. The molecule has 1 N–H and O–H groups in total. The van der Waals surface area contributed by atoms with Crippen molar-refractivity contribution >= 4 is 10.9 Å². The summed E-state index contributed by atoms with van der Waals surface area (Å²) >= 11 is 0. The molecule has 188 valence electrons. The molecule has 3 aromatic carbocycles. The molecule has 37 heavy (non-hydrogen) atoms. The number of methoxy groups -OCH3 is 1. The molecule has 0 aliphatic carbocycles. The van der Waals surface area contributed by atoms with Gasteiger partial charge in [0.2, 0.25) is 0 Å². The lowest BCUT2D eigenvalue weighted by molar-refractivity contribution is 0.120. The van der Waals surface area contributed by atoms with Crippen LogP contribution in [-0.2, 0) is 24.4 Å². The van der Waals surface area contributed by atoms with Gasteiger partial charge in [-0.3, -0.25) is 9.36 Å². The van der Waals surface area contributed by atoms with Gasteiger partial charge in [0, 0.05) is 19.1 Å². The summed E-state index contributed by atoms with van der Waals surface area (Å²) in [4.78, 5) is 18.2. The minimum atomic E-state index is -0.147. The summed E-state index contributed by atoms with van der Waals surface area (Å²) in [5, 5.41) is 22.4. The Kier molecular flexibility index (Phi) is 7.04. The van der Waals surface area contributed by atoms with Crippen LogP contribution in [0, 0.1) is 0 Å². The van der Waals surface area contributed by atoms with Gasteiger partial charge in [0.25, 0.3) is 5.56 Å². The first-order chi connectivity index (χ1) is 18.1. The van der Waals surface area contributed by atoms with Crippen LogP contribution in [0.15, 0.2) is 71.5 Å². The second-order valence-electron chi connectivity index (χ2n) is 8.89. The van der Waals surface area contributed by atoms with Crippen molar-refractivity contribution in [2.24, 2.45) is 0 Å². The fourth-order valence-corrected chi connectivity index (χ4v) is 4.45. The lowest BCUT2D eigenvalue weighted by atomic mass is 9.98. The maximum atomic E-state index is 13.4. The molecule has 0 amide bonds. The minimum absolute atomic E-state index is 0.0545. The highest BCUT2D eigenvalue weighted by atomic mass is 16.5. The van der Waals surface area contributed by atoms with E-state index in [4.69, 9.17) is 9.72 Å². The third-order valence-corrected chi connectivity index (χ3v) is 6.33. The van der Waals surface area contributed by atoms with E-state index in [-0.39, 0.29) is 18.0 Å². The Labute approximate surface area is 214 Å². The minimum Gasteiger partial charge on any atom is -0.508 e. The maximum absolute atomic E-state index is 13.4. The quantitative estimate of drug-likeness (QED) is 0.322. The average Bonchev–Trinajstić information content (AvgIpc) is 3.38. The van der Waals surface area contributed by atoms with Crippen molar-refractivity contribution < 1.29 is 9.84 Å². The molecule has 0 radical (unpaired) electrons.